The summed E-state index contributed by atoms with van der Waals surface area (Å²) in [6.45, 7) is 1.66. The molecular weight excluding hydrogens is 264 g/mol. The fourth-order valence-electron chi connectivity index (χ4n) is 1.69. The van der Waals surface area contributed by atoms with Crippen LogP contribution in [0.2, 0.25) is 0 Å². The van der Waals surface area contributed by atoms with Crippen molar-refractivity contribution in [2.75, 3.05) is 13.2 Å². The van der Waals surface area contributed by atoms with E-state index in [2.05, 4.69) is 15.9 Å². The lowest BCUT2D eigenvalue weighted by Gasteiger charge is -2.21. The molecule has 2 nitrogen and oxygen atoms in total. The molecular formula is C10H11BrO2S. The van der Waals surface area contributed by atoms with E-state index in [-0.39, 0.29) is 0 Å². The third-order valence-corrected chi connectivity index (χ3v) is 4.52. The van der Waals surface area contributed by atoms with Crippen molar-refractivity contribution in [3.05, 3.63) is 20.3 Å². The molecule has 0 radical (unpaired) electrons. The van der Waals surface area contributed by atoms with Crippen LogP contribution in [0.15, 0.2) is 10.5 Å². The summed E-state index contributed by atoms with van der Waals surface area (Å²) in [5.74, 6) is 0.469. The summed E-state index contributed by atoms with van der Waals surface area (Å²) in [5.41, 5.74) is 0. The zero-order chi connectivity index (χ0) is 9.97. The van der Waals surface area contributed by atoms with Gasteiger partial charge in [0.2, 0.25) is 0 Å². The van der Waals surface area contributed by atoms with Gasteiger partial charge in [-0.2, -0.15) is 0 Å². The zero-order valence-corrected chi connectivity index (χ0v) is 10.1. The first-order valence-corrected chi connectivity index (χ1v) is 6.24. The predicted octanol–water partition coefficient (Wildman–Crippen LogP) is 3.22. The Morgan fingerprint density at radius 1 is 1.64 bits per heavy atom. The molecule has 1 aromatic heterocycles. The molecule has 1 atom stereocenters. The number of rotatable bonds is 2. The van der Waals surface area contributed by atoms with E-state index in [1.54, 1.807) is 11.3 Å². The Labute approximate surface area is 95.4 Å². The monoisotopic (exact) mass is 274 g/mol. The Morgan fingerprint density at radius 2 is 2.50 bits per heavy atom. The first-order valence-electron chi connectivity index (χ1n) is 4.63. The van der Waals surface area contributed by atoms with Crippen LogP contribution < -0.4 is 0 Å². The van der Waals surface area contributed by atoms with E-state index >= 15 is 0 Å². The number of hydrogen-bond donors (Lipinski definition) is 0. The summed E-state index contributed by atoms with van der Waals surface area (Å²) in [6, 6.07) is 1.89. The van der Waals surface area contributed by atoms with E-state index in [4.69, 9.17) is 4.74 Å². The van der Waals surface area contributed by atoms with Gasteiger partial charge in [0.25, 0.3) is 0 Å². The van der Waals surface area contributed by atoms with Crippen molar-refractivity contribution in [1.29, 1.82) is 0 Å². The summed E-state index contributed by atoms with van der Waals surface area (Å²) < 4.78 is 6.49. The van der Waals surface area contributed by atoms with Crippen LogP contribution in [-0.4, -0.2) is 19.5 Å². The molecule has 1 fully saturated rings. The van der Waals surface area contributed by atoms with Gasteiger partial charge in [-0.3, -0.25) is 4.79 Å². The Bertz CT molecular complexity index is 329. The van der Waals surface area contributed by atoms with Crippen LogP contribution in [0.4, 0.5) is 0 Å². The van der Waals surface area contributed by atoms with Gasteiger partial charge in [-0.1, -0.05) is 0 Å². The number of carbonyl (C=O) groups is 1. The van der Waals surface area contributed by atoms with E-state index in [1.807, 2.05) is 6.07 Å². The van der Waals surface area contributed by atoms with Crippen LogP contribution in [0.3, 0.4) is 0 Å². The molecule has 0 spiro atoms. The van der Waals surface area contributed by atoms with E-state index in [9.17, 15) is 4.79 Å². The second kappa shape index (κ2) is 4.55. The van der Waals surface area contributed by atoms with Crippen LogP contribution in [0, 0.1) is 0 Å². The summed E-state index contributed by atoms with van der Waals surface area (Å²) in [4.78, 5) is 12.7. The number of ether oxygens (including phenoxy) is 1. The second-order valence-corrected chi connectivity index (χ2v) is 5.36. The van der Waals surface area contributed by atoms with Gasteiger partial charge in [-0.25, -0.2) is 0 Å². The summed E-state index contributed by atoms with van der Waals surface area (Å²) in [6.07, 6.45) is 3.19. The lowest BCUT2D eigenvalue weighted by atomic mass is 10.0. The van der Waals surface area contributed by atoms with Crippen LogP contribution in [0.25, 0.3) is 0 Å². The Balaban J connectivity index is 2.20. The van der Waals surface area contributed by atoms with Crippen molar-refractivity contribution in [2.45, 2.75) is 18.8 Å². The maximum absolute atomic E-state index is 10.6. The largest absolute Gasteiger partial charge is 0.381 e. The number of hydrogen-bond acceptors (Lipinski definition) is 3. The number of aldehydes is 1. The van der Waals surface area contributed by atoms with Crippen molar-refractivity contribution < 1.29 is 9.53 Å². The van der Waals surface area contributed by atoms with Crippen molar-refractivity contribution in [1.82, 2.24) is 0 Å². The van der Waals surface area contributed by atoms with Crippen LogP contribution >= 0.6 is 27.3 Å². The van der Waals surface area contributed by atoms with Gasteiger partial charge >= 0.3 is 0 Å². The molecule has 0 amide bonds. The molecule has 4 heteroatoms. The summed E-state index contributed by atoms with van der Waals surface area (Å²) >= 11 is 5.06. The number of halogens is 1. The lowest BCUT2D eigenvalue weighted by molar-refractivity contribution is 0.0812. The molecule has 1 saturated heterocycles. The van der Waals surface area contributed by atoms with E-state index < -0.39 is 0 Å². The molecule has 76 valence electrons. The molecule has 0 aromatic carbocycles. The fraction of sp³-hybridized carbons (Fsp3) is 0.500. The average molecular weight is 275 g/mol. The van der Waals surface area contributed by atoms with Gasteiger partial charge < -0.3 is 4.74 Å². The minimum absolute atomic E-state index is 0.469. The standard InChI is InChI=1S/C10H11BrO2S/c11-9-4-8(5-12)14-10(9)7-2-1-3-13-6-7/h4-5,7H,1-3,6H2. The number of thiophene rings is 1. The van der Waals surface area contributed by atoms with Crippen molar-refractivity contribution in [3.63, 3.8) is 0 Å². The first-order chi connectivity index (χ1) is 6.81. The fourth-order valence-corrected chi connectivity index (χ4v) is 3.64. The molecule has 0 saturated carbocycles. The molecule has 0 bridgehead atoms. The lowest BCUT2D eigenvalue weighted by Crippen LogP contribution is -2.14. The highest BCUT2D eigenvalue weighted by Gasteiger charge is 2.20. The third-order valence-electron chi connectivity index (χ3n) is 2.38. The highest BCUT2D eigenvalue weighted by atomic mass is 79.9. The van der Waals surface area contributed by atoms with Gasteiger partial charge in [0.05, 0.1) is 11.5 Å². The van der Waals surface area contributed by atoms with E-state index in [0.29, 0.717) is 5.92 Å². The van der Waals surface area contributed by atoms with E-state index in [0.717, 1.165) is 41.7 Å². The van der Waals surface area contributed by atoms with Crippen LogP contribution in [-0.2, 0) is 4.74 Å². The topological polar surface area (TPSA) is 26.3 Å². The van der Waals surface area contributed by atoms with Crippen molar-refractivity contribution in [3.8, 4) is 0 Å². The highest BCUT2D eigenvalue weighted by Crippen LogP contribution is 2.36. The summed E-state index contributed by atoms with van der Waals surface area (Å²) in [5, 5.41) is 0. The molecule has 2 rings (SSSR count). The Morgan fingerprint density at radius 3 is 3.07 bits per heavy atom. The van der Waals surface area contributed by atoms with Gasteiger partial charge in [-0.05, 0) is 34.8 Å². The molecule has 1 unspecified atom stereocenters. The van der Waals surface area contributed by atoms with Crippen molar-refractivity contribution in [2.24, 2.45) is 0 Å². The SMILES string of the molecule is O=Cc1cc(Br)c(C2CCCOC2)s1. The normalized spacial score (nSPS) is 22.2. The van der Waals surface area contributed by atoms with Crippen LogP contribution in [0.5, 0.6) is 0 Å². The maximum Gasteiger partial charge on any atom is 0.160 e. The molecule has 0 N–H and O–H groups in total. The van der Waals surface area contributed by atoms with Gasteiger partial charge in [-0.15, -0.1) is 11.3 Å². The molecule has 1 aliphatic heterocycles. The first kappa shape index (κ1) is 10.3. The molecule has 0 aliphatic carbocycles. The van der Waals surface area contributed by atoms with E-state index in [1.165, 1.54) is 4.88 Å². The minimum atomic E-state index is 0.469. The Kier molecular flexibility index (Phi) is 3.36. The molecule has 14 heavy (non-hydrogen) atoms. The van der Waals surface area contributed by atoms with Gasteiger partial charge in [0.15, 0.2) is 6.29 Å². The molecule has 1 aliphatic rings. The minimum Gasteiger partial charge on any atom is -0.381 e. The Hall–Kier alpha value is -0.190. The molecule has 2 heterocycles. The second-order valence-electron chi connectivity index (χ2n) is 3.39. The van der Waals surface area contributed by atoms with Crippen molar-refractivity contribution >= 4 is 33.6 Å². The summed E-state index contributed by atoms with van der Waals surface area (Å²) in [7, 11) is 0. The number of carbonyl (C=O) groups excluding carboxylic acids is 1. The van der Waals surface area contributed by atoms with Crippen LogP contribution in [0.1, 0.15) is 33.3 Å². The third kappa shape index (κ3) is 2.07. The zero-order valence-electron chi connectivity index (χ0n) is 7.66. The smallest absolute Gasteiger partial charge is 0.160 e. The average Bonchev–Trinajstić information content (AvgIpc) is 2.61. The maximum atomic E-state index is 10.6. The molecule has 1 aromatic rings. The predicted molar refractivity (Wildman–Crippen MR) is 60.2 cm³/mol. The quantitative estimate of drug-likeness (QED) is 0.775. The highest BCUT2D eigenvalue weighted by molar-refractivity contribution is 9.10. The van der Waals surface area contributed by atoms with Gasteiger partial charge in [0.1, 0.15) is 0 Å². The van der Waals surface area contributed by atoms with Gasteiger partial charge in [0, 0.05) is 21.9 Å².